The summed E-state index contributed by atoms with van der Waals surface area (Å²) in [5, 5.41) is 3.69. The predicted molar refractivity (Wildman–Crippen MR) is 84.0 cm³/mol. The summed E-state index contributed by atoms with van der Waals surface area (Å²) >= 11 is 0. The van der Waals surface area contributed by atoms with Gasteiger partial charge in [0.05, 0.1) is 0 Å². The smallest absolute Gasteiger partial charge is 0.0452 e. The van der Waals surface area contributed by atoms with Crippen LogP contribution in [0.3, 0.4) is 0 Å². The van der Waals surface area contributed by atoms with Crippen molar-refractivity contribution in [3.05, 3.63) is 35.4 Å². The zero-order chi connectivity index (χ0) is 13.9. The number of hydrogen-bond donors (Lipinski definition) is 1. The highest BCUT2D eigenvalue weighted by Crippen LogP contribution is 2.24. The highest BCUT2D eigenvalue weighted by Gasteiger charge is 2.25. The summed E-state index contributed by atoms with van der Waals surface area (Å²) in [6, 6.07) is 10.2. The van der Waals surface area contributed by atoms with Crippen molar-refractivity contribution in [3.8, 4) is 0 Å². The van der Waals surface area contributed by atoms with Crippen molar-refractivity contribution in [2.24, 2.45) is 0 Å². The Morgan fingerprint density at radius 1 is 1.30 bits per heavy atom. The Morgan fingerprint density at radius 3 is 2.95 bits per heavy atom. The van der Waals surface area contributed by atoms with E-state index in [1.807, 2.05) is 0 Å². The van der Waals surface area contributed by atoms with Crippen molar-refractivity contribution in [3.63, 3.8) is 0 Å². The van der Waals surface area contributed by atoms with Gasteiger partial charge in [-0.2, -0.15) is 0 Å². The van der Waals surface area contributed by atoms with Crippen LogP contribution in [0.15, 0.2) is 24.3 Å². The Morgan fingerprint density at radius 2 is 2.15 bits per heavy atom. The Labute approximate surface area is 123 Å². The minimum Gasteiger partial charge on any atom is -0.309 e. The van der Waals surface area contributed by atoms with Gasteiger partial charge in [-0.05, 0) is 57.6 Å². The number of nitrogens with zero attached hydrogens (tertiary/aromatic N) is 2. The molecule has 1 aromatic rings. The summed E-state index contributed by atoms with van der Waals surface area (Å²) in [6.45, 7) is 4.68. The fourth-order valence-corrected chi connectivity index (χ4v) is 3.71. The number of hydrogen-bond acceptors (Lipinski definition) is 3. The summed E-state index contributed by atoms with van der Waals surface area (Å²) in [7, 11) is 4.53. The van der Waals surface area contributed by atoms with Crippen LogP contribution in [0.1, 0.15) is 30.0 Å². The molecule has 0 spiro atoms. The SMILES string of the molecule is CN(CC1NCCc2ccccc21)CC1CCCN1C. The molecule has 1 aromatic carbocycles. The van der Waals surface area contributed by atoms with E-state index < -0.39 is 0 Å². The van der Waals surface area contributed by atoms with E-state index >= 15 is 0 Å². The Bertz CT molecular complexity index is 446. The molecule has 2 aliphatic heterocycles. The van der Waals surface area contributed by atoms with Gasteiger partial charge in [0.15, 0.2) is 0 Å². The number of likely N-dealkylation sites (tertiary alicyclic amines) is 1. The predicted octanol–water partition coefficient (Wildman–Crippen LogP) is 1.90. The minimum atomic E-state index is 0.497. The second-order valence-corrected chi connectivity index (χ2v) is 6.45. The lowest BCUT2D eigenvalue weighted by molar-refractivity contribution is 0.204. The largest absolute Gasteiger partial charge is 0.309 e. The summed E-state index contributed by atoms with van der Waals surface area (Å²) in [4.78, 5) is 5.02. The fourth-order valence-electron chi connectivity index (χ4n) is 3.71. The maximum absolute atomic E-state index is 3.69. The van der Waals surface area contributed by atoms with Crippen molar-refractivity contribution in [2.45, 2.75) is 31.3 Å². The summed E-state index contributed by atoms with van der Waals surface area (Å²) in [5.41, 5.74) is 3.04. The molecule has 1 saturated heterocycles. The third-order valence-electron chi connectivity index (χ3n) is 4.90. The Balaban J connectivity index is 1.60. The van der Waals surface area contributed by atoms with Crippen LogP contribution in [0.25, 0.3) is 0 Å². The van der Waals surface area contributed by atoms with Crippen molar-refractivity contribution in [2.75, 3.05) is 40.3 Å². The molecular formula is C17H27N3. The molecule has 2 heterocycles. The first-order chi connectivity index (χ1) is 9.74. The Kier molecular flexibility index (Phi) is 4.39. The van der Waals surface area contributed by atoms with Gasteiger partial charge in [0, 0.05) is 25.2 Å². The lowest BCUT2D eigenvalue weighted by Gasteiger charge is -2.32. The van der Waals surface area contributed by atoms with Crippen LogP contribution in [0.2, 0.25) is 0 Å². The van der Waals surface area contributed by atoms with E-state index in [0.29, 0.717) is 6.04 Å². The molecule has 0 aliphatic carbocycles. The first-order valence-corrected chi connectivity index (χ1v) is 7.94. The third kappa shape index (κ3) is 3.05. The van der Waals surface area contributed by atoms with Crippen LogP contribution in [0.5, 0.6) is 0 Å². The summed E-state index contributed by atoms with van der Waals surface area (Å²) in [6.07, 6.45) is 3.89. The van der Waals surface area contributed by atoms with E-state index in [1.54, 1.807) is 0 Å². The lowest BCUT2D eigenvalue weighted by Crippen LogP contribution is -2.42. The third-order valence-corrected chi connectivity index (χ3v) is 4.90. The minimum absolute atomic E-state index is 0.497. The fraction of sp³-hybridized carbons (Fsp3) is 0.647. The van der Waals surface area contributed by atoms with Crippen molar-refractivity contribution >= 4 is 0 Å². The van der Waals surface area contributed by atoms with Crippen LogP contribution in [0, 0.1) is 0 Å². The van der Waals surface area contributed by atoms with E-state index in [1.165, 1.54) is 43.5 Å². The van der Waals surface area contributed by atoms with Gasteiger partial charge >= 0.3 is 0 Å². The molecule has 0 radical (unpaired) electrons. The molecule has 0 amide bonds. The van der Waals surface area contributed by atoms with E-state index in [2.05, 4.69) is 53.5 Å². The van der Waals surface area contributed by atoms with Gasteiger partial charge in [-0.15, -0.1) is 0 Å². The molecule has 2 atom stereocenters. The monoisotopic (exact) mass is 273 g/mol. The van der Waals surface area contributed by atoms with Gasteiger partial charge < -0.3 is 15.1 Å². The van der Waals surface area contributed by atoms with Gasteiger partial charge in [0.25, 0.3) is 0 Å². The first-order valence-electron chi connectivity index (χ1n) is 7.94. The second kappa shape index (κ2) is 6.25. The molecule has 1 fully saturated rings. The first kappa shape index (κ1) is 14.1. The van der Waals surface area contributed by atoms with Gasteiger partial charge in [-0.25, -0.2) is 0 Å². The van der Waals surface area contributed by atoms with Gasteiger partial charge in [-0.3, -0.25) is 0 Å². The molecule has 3 nitrogen and oxygen atoms in total. The van der Waals surface area contributed by atoms with E-state index in [-0.39, 0.29) is 0 Å². The molecule has 0 saturated carbocycles. The highest BCUT2D eigenvalue weighted by molar-refractivity contribution is 5.32. The zero-order valence-electron chi connectivity index (χ0n) is 12.8. The van der Waals surface area contributed by atoms with E-state index in [4.69, 9.17) is 0 Å². The number of nitrogens with one attached hydrogen (secondary N) is 1. The molecule has 2 unspecified atom stereocenters. The zero-order valence-corrected chi connectivity index (χ0v) is 12.8. The lowest BCUT2D eigenvalue weighted by atomic mass is 9.94. The van der Waals surface area contributed by atoms with Crippen LogP contribution in [0.4, 0.5) is 0 Å². The topological polar surface area (TPSA) is 18.5 Å². The molecule has 20 heavy (non-hydrogen) atoms. The average molecular weight is 273 g/mol. The highest BCUT2D eigenvalue weighted by atomic mass is 15.2. The Hall–Kier alpha value is -0.900. The average Bonchev–Trinajstić information content (AvgIpc) is 2.85. The van der Waals surface area contributed by atoms with Gasteiger partial charge in [0.1, 0.15) is 0 Å². The van der Waals surface area contributed by atoms with Crippen LogP contribution < -0.4 is 5.32 Å². The molecule has 3 rings (SSSR count). The van der Waals surface area contributed by atoms with Crippen molar-refractivity contribution in [1.82, 2.24) is 15.1 Å². The van der Waals surface area contributed by atoms with Gasteiger partial charge in [-0.1, -0.05) is 24.3 Å². The van der Waals surface area contributed by atoms with E-state index in [0.717, 1.165) is 19.1 Å². The molecule has 2 aliphatic rings. The molecule has 110 valence electrons. The van der Waals surface area contributed by atoms with E-state index in [9.17, 15) is 0 Å². The standard InChI is InChI=1S/C17H27N3/c1-19(12-15-7-5-11-20(15)2)13-17-16-8-4-3-6-14(16)9-10-18-17/h3-4,6,8,15,17-18H,5,7,9-13H2,1-2H3. The summed E-state index contributed by atoms with van der Waals surface area (Å²) < 4.78 is 0. The molecule has 3 heteroatoms. The number of fused-ring (bicyclic) bond motifs is 1. The van der Waals surface area contributed by atoms with Gasteiger partial charge in [0.2, 0.25) is 0 Å². The number of likely N-dealkylation sites (N-methyl/N-ethyl adjacent to an activating group) is 2. The molecule has 1 N–H and O–H groups in total. The maximum atomic E-state index is 3.69. The number of benzene rings is 1. The normalized spacial score (nSPS) is 26.9. The summed E-state index contributed by atoms with van der Waals surface area (Å²) in [5.74, 6) is 0. The maximum Gasteiger partial charge on any atom is 0.0452 e. The quantitative estimate of drug-likeness (QED) is 0.904. The molecular weight excluding hydrogens is 246 g/mol. The van der Waals surface area contributed by atoms with Crippen LogP contribution in [-0.4, -0.2) is 56.1 Å². The van der Waals surface area contributed by atoms with Crippen LogP contribution >= 0.6 is 0 Å². The van der Waals surface area contributed by atoms with Crippen LogP contribution in [-0.2, 0) is 6.42 Å². The molecule has 0 aromatic heterocycles. The second-order valence-electron chi connectivity index (χ2n) is 6.45. The van der Waals surface area contributed by atoms with Crippen molar-refractivity contribution in [1.29, 1.82) is 0 Å². The number of rotatable bonds is 4. The van der Waals surface area contributed by atoms with Crippen molar-refractivity contribution < 1.29 is 0 Å². The molecule has 0 bridgehead atoms.